The number of phenols is 1. The SMILES string of the molecule is C=CC1CC(=O)N(c2cccc(O)c2)C1. The Kier molecular flexibility index (Phi) is 2.46. The van der Waals surface area contributed by atoms with E-state index in [1.165, 1.54) is 0 Å². The molecule has 1 saturated heterocycles. The smallest absolute Gasteiger partial charge is 0.227 e. The number of aromatic hydroxyl groups is 1. The van der Waals surface area contributed by atoms with Crippen LogP contribution in [-0.4, -0.2) is 17.6 Å². The van der Waals surface area contributed by atoms with Gasteiger partial charge in [-0.05, 0) is 12.1 Å². The van der Waals surface area contributed by atoms with E-state index in [9.17, 15) is 9.90 Å². The maximum Gasteiger partial charge on any atom is 0.227 e. The molecule has 0 saturated carbocycles. The summed E-state index contributed by atoms with van der Waals surface area (Å²) in [4.78, 5) is 13.3. The Morgan fingerprint density at radius 3 is 2.93 bits per heavy atom. The van der Waals surface area contributed by atoms with Crippen molar-refractivity contribution in [2.45, 2.75) is 6.42 Å². The van der Waals surface area contributed by atoms with Gasteiger partial charge in [0.25, 0.3) is 0 Å². The number of hydrogen-bond donors (Lipinski definition) is 1. The van der Waals surface area contributed by atoms with Gasteiger partial charge in [0.2, 0.25) is 5.91 Å². The molecule has 1 aromatic carbocycles. The molecule has 1 aliphatic heterocycles. The number of carbonyl (C=O) groups excluding carboxylic acids is 1. The van der Waals surface area contributed by atoms with Crippen LogP contribution in [0.25, 0.3) is 0 Å². The molecular formula is C12H13NO2. The third-order valence-corrected chi connectivity index (χ3v) is 2.63. The minimum Gasteiger partial charge on any atom is -0.508 e. The molecule has 0 radical (unpaired) electrons. The minimum absolute atomic E-state index is 0.0884. The number of nitrogens with zero attached hydrogens (tertiary/aromatic N) is 1. The number of amides is 1. The van der Waals surface area contributed by atoms with E-state index in [0.29, 0.717) is 13.0 Å². The molecule has 3 nitrogen and oxygen atoms in total. The van der Waals surface area contributed by atoms with Gasteiger partial charge in [0.15, 0.2) is 0 Å². The van der Waals surface area contributed by atoms with E-state index < -0.39 is 0 Å². The van der Waals surface area contributed by atoms with E-state index >= 15 is 0 Å². The molecular weight excluding hydrogens is 190 g/mol. The van der Waals surface area contributed by atoms with Crippen LogP contribution in [0.5, 0.6) is 5.75 Å². The van der Waals surface area contributed by atoms with Crippen LogP contribution >= 0.6 is 0 Å². The van der Waals surface area contributed by atoms with Crippen molar-refractivity contribution in [3.05, 3.63) is 36.9 Å². The average Bonchev–Trinajstić information content (AvgIpc) is 2.60. The first kappa shape index (κ1) is 9.77. The largest absolute Gasteiger partial charge is 0.508 e. The van der Waals surface area contributed by atoms with Gasteiger partial charge in [-0.15, -0.1) is 6.58 Å². The molecule has 0 aromatic heterocycles. The molecule has 1 fully saturated rings. The van der Waals surface area contributed by atoms with E-state index in [2.05, 4.69) is 6.58 Å². The van der Waals surface area contributed by atoms with E-state index in [1.807, 2.05) is 6.07 Å². The lowest BCUT2D eigenvalue weighted by Gasteiger charge is -2.16. The summed E-state index contributed by atoms with van der Waals surface area (Å²) in [5.74, 6) is 0.493. The molecule has 1 heterocycles. The van der Waals surface area contributed by atoms with Gasteiger partial charge in [0.05, 0.1) is 0 Å². The molecule has 3 heteroatoms. The monoisotopic (exact) mass is 203 g/mol. The van der Waals surface area contributed by atoms with Gasteiger partial charge in [-0.25, -0.2) is 0 Å². The van der Waals surface area contributed by atoms with Crippen LogP contribution in [0.2, 0.25) is 0 Å². The van der Waals surface area contributed by atoms with Crippen molar-refractivity contribution in [3.8, 4) is 5.75 Å². The number of carbonyl (C=O) groups is 1. The number of rotatable bonds is 2. The zero-order valence-electron chi connectivity index (χ0n) is 8.39. The van der Waals surface area contributed by atoms with Gasteiger partial charge < -0.3 is 10.0 Å². The van der Waals surface area contributed by atoms with Crippen molar-refractivity contribution < 1.29 is 9.90 Å². The van der Waals surface area contributed by atoms with Crippen LogP contribution in [0.1, 0.15) is 6.42 Å². The molecule has 1 amide bonds. The van der Waals surface area contributed by atoms with Crippen molar-refractivity contribution >= 4 is 11.6 Å². The van der Waals surface area contributed by atoms with Crippen molar-refractivity contribution in [3.63, 3.8) is 0 Å². The van der Waals surface area contributed by atoms with Crippen molar-refractivity contribution in [1.29, 1.82) is 0 Å². The maximum absolute atomic E-state index is 11.7. The van der Waals surface area contributed by atoms with Crippen LogP contribution in [-0.2, 0) is 4.79 Å². The second-order valence-corrected chi connectivity index (χ2v) is 3.72. The van der Waals surface area contributed by atoms with Crippen LogP contribution in [0.3, 0.4) is 0 Å². The molecule has 0 bridgehead atoms. The first-order valence-electron chi connectivity index (χ1n) is 4.92. The first-order valence-corrected chi connectivity index (χ1v) is 4.92. The number of benzene rings is 1. The summed E-state index contributed by atoms with van der Waals surface area (Å²) in [6.45, 7) is 4.35. The Morgan fingerprint density at radius 1 is 1.53 bits per heavy atom. The van der Waals surface area contributed by atoms with Crippen LogP contribution in [0, 0.1) is 5.92 Å². The molecule has 0 aliphatic carbocycles. The highest BCUT2D eigenvalue weighted by molar-refractivity contribution is 5.96. The molecule has 1 N–H and O–H groups in total. The molecule has 78 valence electrons. The Hall–Kier alpha value is -1.77. The lowest BCUT2D eigenvalue weighted by molar-refractivity contribution is -0.117. The lowest BCUT2D eigenvalue weighted by atomic mass is 10.1. The zero-order chi connectivity index (χ0) is 10.8. The topological polar surface area (TPSA) is 40.5 Å². The van der Waals surface area contributed by atoms with Gasteiger partial charge in [0.1, 0.15) is 5.75 Å². The average molecular weight is 203 g/mol. The quantitative estimate of drug-likeness (QED) is 0.746. The first-order chi connectivity index (χ1) is 7.20. The summed E-state index contributed by atoms with van der Waals surface area (Å²) in [5, 5.41) is 9.32. The van der Waals surface area contributed by atoms with E-state index in [0.717, 1.165) is 5.69 Å². The Balaban J connectivity index is 2.25. The number of hydrogen-bond acceptors (Lipinski definition) is 2. The third kappa shape index (κ3) is 1.86. The molecule has 1 aliphatic rings. The molecule has 2 rings (SSSR count). The predicted octanol–water partition coefficient (Wildman–Crippen LogP) is 1.93. The van der Waals surface area contributed by atoms with E-state index in [4.69, 9.17) is 0 Å². The van der Waals surface area contributed by atoms with Gasteiger partial charge in [-0.3, -0.25) is 4.79 Å². The fourth-order valence-corrected chi connectivity index (χ4v) is 1.80. The predicted molar refractivity (Wildman–Crippen MR) is 58.8 cm³/mol. The van der Waals surface area contributed by atoms with Crippen molar-refractivity contribution in [1.82, 2.24) is 0 Å². The highest BCUT2D eigenvalue weighted by atomic mass is 16.3. The second kappa shape index (κ2) is 3.77. The number of phenolic OH excluding ortho intramolecular Hbond substituents is 1. The fraction of sp³-hybridized carbons (Fsp3) is 0.250. The maximum atomic E-state index is 11.7. The van der Waals surface area contributed by atoms with Gasteiger partial charge in [-0.2, -0.15) is 0 Å². The normalized spacial score (nSPS) is 20.7. The third-order valence-electron chi connectivity index (χ3n) is 2.63. The van der Waals surface area contributed by atoms with Crippen LogP contribution in [0.4, 0.5) is 5.69 Å². The standard InChI is InChI=1S/C12H13NO2/c1-2-9-6-12(15)13(8-9)10-4-3-5-11(14)7-10/h2-5,7,9,14H,1,6,8H2. The summed E-state index contributed by atoms with van der Waals surface area (Å²) < 4.78 is 0. The second-order valence-electron chi connectivity index (χ2n) is 3.72. The summed E-state index contributed by atoms with van der Waals surface area (Å²) in [5.41, 5.74) is 0.754. The molecule has 0 spiro atoms. The van der Waals surface area contributed by atoms with E-state index in [1.54, 1.807) is 29.2 Å². The Bertz CT molecular complexity index is 400. The highest BCUT2D eigenvalue weighted by Crippen LogP contribution is 2.27. The Labute approximate surface area is 88.6 Å². The molecule has 15 heavy (non-hydrogen) atoms. The summed E-state index contributed by atoms with van der Waals surface area (Å²) >= 11 is 0. The number of anilines is 1. The molecule has 1 atom stereocenters. The van der Waals surface area contributed by atoms with E-state index in [-0.39, 0.29) is 17.6 Å². The molecule has 1 unspecified atom stereocenters. The summed E-state index contributed by atoms with van der Waals surface area (Å²) in [6.07, 6.45) is 2.32. The summed E-state index contributed by atoms with van der Waals surface area (Å²) in [6, 6.07) is 6.75. The lowest BCUT2D eigenvalue weighted by Crippen LogP contribution is -2.24. The van der Waals surface area contributed by atoms with Crippen LogP contribution < -0.4 is 4.90 Å². The van der Waals surface area contributed by atoms with Crippen LogP contribution in [0.15, 0.2) is 36.9 Å². The van der Waals surface area contributed by atoms with Crippen molar-refractivity contribution in [2.75, 3.05) is 11.4 Å². The summed E-state index contributed by atoms with van der Waals surface area (Å²) in [7, 11) is 0. The fourth-order valence-electron chi connectivity index (χ4n) is 1.80. The van der Waals surface area contributed by atoms with Gasteiger partial charge >= 0.3 is 0 Å². The Morgan fingerprint density at radius 2 is 2.33 bits per heavy atom. The zero-order valence-corrected chi connectivity index (χ0v) is 8.39. The van der Waals surface area contributed by atoms with Gasteiger partial charge in [0, 0.05) is 30.6 Å². The molecule has 1 aromatic rings. The minimum atomic E-state index is 0.0884. The van der Waals surface area contributed by atoms with Crippen molar-refractivity contribution in [2.24, 2.45) is 5.92 Å². The highest BCUT2D eigenvalue weighted by Gasteiger charge is 2.28. The van der Waals surface area contributed by atoms with Gasteiger partial charge in [-0.1, -0.05) is 12.1 Å².